The summed E-state index contributed by atoms with van der Waals surface area (Å²) in [7, 11) is 0. The van der Waals surface area contributed by atoms with Crippen molar-refractivity contribution >= 4 is 5.96 Å². The van der Waals surface area contributed by atoms with Gasteiger partial charge in [0.15, 0.2) is 0 Å². The van der Waals surface area contributed by atoms with Crippen LogP contribution in [0.4, 0.5) is 0 Å². The molecule has 0 aliphatic carbocycles. The highest BCUT2D eigenvalue weighted by molar-refractivity contribution is 5.64. The molecule has 14 heavy (non-hydrogen) atoms. The molecule has 0 unspecified atom stereocenters. The fraction of sp³-hybridized carbons (Fsp3) is 0.125. The number of hydrogen-bond acceptors (Lipinski definition) is 4. The highest BCUT2D eigenvalue weighted by atomic mass is 16.5. The number of azo groups is 1. The summed E-state index contributed by atoms with van der Waals surface area (Å²) >= 11 is 0. The van der Waals surface area contributed by atoms with Crippen molar-refractivity contribution in [3.8, 4) is 0 Å². The molecule has 1 heterocycles. The minimum atomic E-state index is -0.645. The molecule has 1 rings (SSSR count). The van der Waals surface area contributed by atoms with Crippen LogP contribution in [-0.4, -0.2) is 10.8 Å². The maximum atomic E-state index is 10.8. The number of nitrogens with two attached hydrogens (primary N) is 1. The van der Waals surface area contributed by atoms with Gasteiger partial charge in [-0.05, 0) is 19.1 Å². The minimum absolute atomic E-state index is 0.0379. The number of hydroxylamine groups is 1. The molecule has 1 aliphatic rings. The van der Waals surface area contributed by atoms with Gasteiger partial charge in [0.2, 0.25) is 0 Å². The molecule has 0 bridgehead atoms. The molecule has 0 aromatic carbocycles. The first-order valence-corrected chi connectivity index (χ1v) is 3.94. The zero-order valence-electron chi connectivity index (χ0n) is 7.69. The smallest absolute Gasteiger partial charge is 0.402 e. The highest BCUT2D eigenvalue weighted by Gasteiger charge is 1.97. The average molecular weight is 193 g/mol. The first kappa shape index (κ1) is 9.97. The van der Waals surface area contributed by atoms with Crippen LogP contribution in [0, 0.1) is 10.6 Å². The van der Waals surface area contributed by atoms with E-state index in [1.165, 1.54) is 6.20 Å². The molecule has 0 saturated heterocycles. The first-order valence-electron chi connectivity index (χ1n) is 3.94. The van der Waals surface area contributed by atoms with E-state index in [0.717, 1.165) is 5.70 Å². The number of rotatable bonds is 1. The van der Waals surface area contributed by atoms with E-state index in [-0.39, 0.29) is 4.86 Å². The van der Waals surface area contributed by atoms with Gasteiger partial charge >= 0.3 is 5.96 Å². The Bertz CT molecular complexity index is 364. The third-order valence-electron chi connectivity index (χ3n) is 1.47. The molecule has 4 N–H and O–H groups in total. The lowest BCUT2D eigenvalue weighted by Gasteiger charge is -2.09. The van der Waals surface area contributed by atoms with Gasteiger partial charge in [0, 0.05) is 5.70 Å². The Balaban J connectivity index is 2.72. The fourth-order valence-electron chi connectivity index (χ4n) is 0.859. The summed E-state index contributed by atoms with van der Waals surface area (Å²) < 4.78 is 0. The molecule has 0 atom stereocenters. The maximum absolute atomic E-state index is 10.8. The van der Waals surface area contributed by atoms with Gasteiger partial charge in [-0.3, -0.25) is 5.73 Å². The van der Waals surface area contributed by atoms with E-state index in [4.69, 9.17) is 11.1 Å². The Hall–Kier alpha value is -2.11. The number of dihydropyridines is 1. The van der Waals surface area contributed by atoms with Crippen LogP contribution in [0.3, 0.4) is 0 Å². The van der Waals surface area contributed by atoms with Gasteiger partial charge < -0.3 is 10.5 Å². The number of guanidine groups is 1. The van der Waals surface area contributed by atoms with E-state index >= 15 is 0 Å². The van der Waals surface area contributed by atoms with Crippen molar-refractivity contribution in [1.82, 2.24) is 5.32 Å². The van der Waals surface area contributed by atoms with Crippen molar-refractivity contribution in [2.24, 2.45) is 10.8 Å². The van der Waals surface area contributed by atoms with Crippen LogP contribution in [0.2, 0.25) is 0 Å². The molecule has 0 spiro atoms. The zero-order valence-corrected chi connectivity index (χ0v) is 7.69. The van der Waals surface area contributed by atoms with Crippen molar-refractivity contribution in [2.75, 3.05) is 0 Å². The van der Waals surface area contributed by atoms with Crippen molar-refractivity contribution in [2.45, 2.75) is 6.92 Å². The molecule has 0 aromatic rings. The second-order valence-corrected chi connectivity index (χ2v) is 2.69. The Kier molecular flexibility index (Phi) is 3.01. The third kappa shape index (κ3) is 2.74. The van der Waals surface area contributed by atoms with Crippen LogP contribution in [0.25, 0.3) is 0 Å². The van der Waals surface area contributed by atoms with Crippen molar-refractivity contribution in [3.05, 3.63) is 41.0 Å². The monoisotopic (exact) mass is 193 g/mol. The molecule has 0 amide bonds. The van der Waals surface area contributed by atoms with Gasteiger partial charge in [-0.25, -0.2) is 0 Å². The van der Waals surface area contributed by atoms with Crippen molar-refractivity contribution in [3.63, 3.8) is 0 Å². The van der Waals surface area contributed by atoms with E-state index in [1.54, 1.807) is 6.08 Å². The molecular weight excluding hydrogens is 182 g/mol. The normalized spacial score (nSPS) is 19.1. The van der Waals surface area contributed by atoms with Crippen LogP contribution < -0.4 is 11.1 Å². The Morgan fingerprint density at radius 2 is 2.50 bits per heavy atom. The Morgan fingerprint density at radius 1 is 1.79 bits per heavy atom. The van der Waals surface area contributed by atoms with Gasteiger partial charge in [-0.15, -0.1) is 15.4 Å². The highest BCUT2D eigenvalue weighted by Crippen LogP contribution is 2.04. The van der Waals surface area contributed by atoms with Crippen molar-refractivity contribution in [1.29, 1.82) is 5.41 Å². The summed E-state index contributed by atoms with van der Waals surface area (Å²) in [4.78, 5) is 0.0379. The van der Waals surface area contributed by atoms with E-state index in [9.17, 15) is 5.21 Å². The number of nitrogens with zero attached hydrogens (tertiary/aromatic N) is 2. The second kappa shape index (κ2) is 4.22. The number of hydrogen-bond donors (Lipinski definition) is 3. The number of nitrogens with one attached hydrogen (secondary N) is 2. The predicted molar refractivity (Wildman–Crippen MR) is 52.1 cm³/mol. The summed E-state index contributed by atoms with van der Waals surface area (Å²) in [5.41, 5.74) is 6.53. The third-order valence-corrected chi connectivity index (χ3v) is 1.47. The first-order chi connectivity index (χ1) is 6.59. The summed E-state index contributed by atoms with van der Waals surface area (Å²) in [6.45, 7) is 1.89. The number of allylic oxidation sites excluding steroid dienone is 4. The van der Waals surface area contributed by atoms with Gasteiger partial charge in [0.1, 0.15) is 0 Å². The molecule has 0 fully saturated rings. The molecule has 6 heteroatoms. The van der Waals surface area contributed by atoms with E-state index < -0.39 is 5.96 Å². The summed E-state index contributed by atoms with van der Waals surface area (Å²) in [5, 5.41) is 23.9. The minimum Gasteiger partial charge on any atom is -0.722 e. The Labute approximate surface area is 81.2 Å². The second-order valence-electron chi connectivity index (χ2n) is 2.69. The zero-order chi connectivity index (χ0) is 10.6. The van der Waals surface area contributed by atoms with Gasteiger partial charge in [0.05, 0.1) is 11.9 Å². The van der Waals surface area contributed by atoms with Gasteiger partial charge in [0.25, 0.3) is 0 Å². The average Bonchev–Trinajstić information content (AvgIpc) is 2.14. The van der Waals surface area contributed by atoms with E-state index in [2.05, 4.69) is 10.4 Å². The predicted octanol–water partition coefficient (Wildman–Crippen LogP) is 0.747. The molecule has 6 nitrogen and oxygen atoms in total. The standard InChI is InChI=1S/C8H11N5O/c1-6-3-2-4-7(12-6)5-11-13(14)8(9)10/h2-5,12H,1H3,(H3,9,10)/b7-5+,13-11?. The lowest BCUT2D eigenvalue weighted by atomic mass is 10.2. The lowest BCUT2D eigenvalue weighted by molar-refractivity contribution is -0.407. The molecule has 0 aromatic heterocycles. The summed E-state index contributed by atoms with van der Waals surface area (Å²) in [5.74, 6) is -0.645. The summed E-state index contributed by atoms with van der Waals surface area (Å²) in [6, 6.07) is 0. The van der Waals surface area contributed by atoms with Gasteiger partial charge in [-0.2, -0.15) is 0 Å². The quantitative estimate of drug-likeness (QED) is 0.188. The van der Waals surface area contributed by atoms with Crippen LogP contribution in [-0.2, 0) is 0 Å². The van der Waals surface area contributed by atoms with E-state index in [1.807, 2.05) is 19.1 Å². The molecule has 74 valence electrons. The van der Waals surface area contributed by atoms with Crippen LogP contribution >= 0.6 is 0 Å². The Morgan fingerprint density at radius 3 is 3.07 bits per heavy atom. The molecular formula is C8H11N5O. The lowest BCUT2D eigenvalue weighted by Crippen LogP contribution is -2.21. The van der Waals surface area contributed by atoms with Gasteiger partial charge in [-0.1, -0.05) is 6.08 Å². The van der Waals surface area contributed by atoms with Crippen LogP contribution in [0.15, 0.2) is 40.9 Å². The van der Waals surface area contributed by atoms with Crippen LogP contribution in [0.5, 0.6) is 0 Å². The van der Waals surface area contributed by atoms with Crippen LogP contribution in [0.1, 0.15) is 6.92 Å². The van der Waals surface area contributed by atoms with Crippen molar-refractivity contribution < 1.29 is 4.86 Å². The molecule has 1 aliphatic heterocycles. The molecule has 0 saturated carbocycles. The summed E-state index contributed by atoms with van der Waals surface area (Å²) in [6.07, 6.45) is 6.78. The van der Waals surface area contributed by atoms with E-state index in [0.29, 0.717) is 5.70 Å². The fourth-order valence-corrected chi connectivity index (χ4v) is 0.859. The SMILES string of the molecule is CC1=CC=C/C(=C\N=[N+]([O-])C(=N)N)N1. The maximum Gasteiger partial charge on any atom is 0.402 e. The topological polar surface area (TPSA) is 100 Å². The largest absolute Gasteiger partial charge is 0.722 e. The molecule has 0 radical (unpaired) electrons.